The Kier molecular flexibility index (Phi) is 2.80. The molecule has 0 spiro atoms. The van der Waals surface area contributed by atoms with Gasteiger partial charge in [-0.3, -0.25) is 5.01 Å². The van der Waals surface area contributed by atoms with Gasteiger partial charge in [-0.05, 0) is 37.0 Å². The van der Waals surface area contributed by atoms with Gasteiger partial charge in [-0.25, -0.2) is 0 Å². The first-order valence-electron chi connectivity index (χ1n) is 7.41. The van der Waals surface area contributed by atoms with E-state index in [-0.39, 0.29) is 0 Å². The summed E-state index contributed by atoms with van der Waals surface area (Å²) in [7, 11) is 0. The van der Waals surface area contributed by atoms with Crippen molar-refractivity contribution in [1.82, 2.24) is 0 Å². The summed E-state index contributed by atoms with van der Waals surface area (Å²) >= 11 is 0. The number of aryl methyl sites for hydroxylation is 1. The van der Waals surface area contributed by atoms with Gasteiger partial charge in [0.25, 0.3) is 0 Å². The fraction of sp³-hybridized carbons (Fsp3) is 0.278. The fourth-order valence-corrected chi connectivity index (χ4v) is 3.34. The highest BCUT2D eigenvalue weighted by atomic mass is 15.5. The van der Waals surface area contributed by atoms with Crippen molar-refractivity contribution in [2.75, 3.05) is 11.6 Å². The van der Waals surface area contributed by atoms with E-state index in [2.05, 4.69) is 59.6 Å². The largest absolute Gasteiger partial charge is 0.265 e. The third-order valence-electron chi connectivity index (χ3n) is 4.35. The van der Waals surface area contributed by atoms with Crippen LogP contribution in [0.2, 0.25) is 0 Å². The molecule has 2 aromatic carbocycles. The molecule has 0 N–H and O–H groups in total. The summed E-state index contributed by atoms with van der Waals surface area (Å²) in [5.74, 6) is 0.582. The van der Waals surface area contributed by atoms with Crippen LogP contribution in [0, 0.1) is 5.92 Å². The zero-order valence-electron chi connectivity index (χ0n) is 11.5. The Hall–Kier alpha value is -2.09. The van der Waals surface area contributed by atoms with Crippen molar-refractivity contribution in [3.05, 3.63) is 65.7 Å². The Morgan fingerprint density at radius 1 is 0.950 bits per heavy atom. The summed E-state index contributed by atoms with van der Waals surface area (Å²) in [6.45, 7) is 1.02. The summed E-state index contributed by atoms with van der Waals surface area (Å²) in [5.41, 5.74) is 5.32. The predicted molar refractivity (Wildman–Crippen MR) is 83.2 cm³/mol. The summed E-state index contributed by atoms with van der Waals surface area (Å²) < 4.78 is 0. The second-order valence-electron chi connectivity index (χ2n) is 5.65. The van der Waals surface area contributed by atoms with Crippen LogP contribution >= 0.6 is 0 Å². The normalized spacial score (nSPS) is 20.9. The lowest BCUT2D eigenvalue weighted by Gasteiger charge is -2.15. The monoisotopic (exact) mass is 262 g/mol. The molecule has 2 aliphatic rings. The number of hydrogen-bond donors (Lipinski definition) is 0. The molecule has 4 rings (SSSR count). The molecule has 0 amide bonds. The van der Waals surface area contributed by atoms with E-state index in [1.165, 1.54) is 41.8 Å². The van der Waals surface area contributed by atoms with E-state index in [0.717, 1.165) is 6.54 Å². The summed E-state index contributed by atoms with van der Waals surface area (Å²) in [4.78, 5) is 0. The van der Waals surface area contributed by atoms with Crippen molar-refractivity contribution in [3.63, 3.8) is 0 Å². The highest BCUT2D eigenvalue weighted by molar-refractivity contribution is 6.05. The van der Waals surface area contributed by atoms with E-state index >= 15 is 0 Å². The van der Waals surface area contributed by atoms with E-state index in [1.807, 2.05) is 0 Å². The fourth-order valence-electron chi connectivity index (χ4n) is 3.34. The van der Waals surface area contributed by atoms with Crippen LogP contribution in [0.15, 0.2) is 59.7 Å². The Morgan fingerprint density at radius 2 is 1.75 bits per heavy atom. The van der Waals surface area contributed by atoms with Crippen molar-refractivity contribution in [3.8, 4) is 0 Å². The van der Waals surface area contributed by atoms with Gasteiger partial charge in [-0.15, -0.1) is 0 Å². The number of rotatable bonds is 1. The maximum Gasteiger partial charge on any atom is 0.0733 e. The third-order valence-corrected chi connectivity index (χ3v) is 4.35. The number of anilines is 1. The minimum absolute atomic E-state index is 0.582. The molecule has 0 aromatic heterocycles. The van der Waals surface area contributed by atoms with E-state index in [9.17, 15) is 0 Å². The predicted octanol–water partition coefficient (Wildman–Crippen LogP) is 3.86. The van der Waals surface area contributed by atoms with Crippen molar-refractivity contribution in [2.24, 2.45) is 11.0 Å². The van der Waals surface area contributed by atoms with E-state index < -0.39 is 0 Å². The second kappa shape index (κ2) is 4.78. The Balaban J connectivity index is 1.76. The van der Waals surface area contributed by atoms with Crippen LogP contribution in [-0.4, -0.2) is 12.3 Å². The smallest absolute Gasteiger partial charge is 0.0733 e. The molecule has 2 nitrogen and oxygen atoms in total. The molecule has 1 aliphatic carbocycles. The van der Waals surface area contributed by atoms with Gasteiger partial charge in [0.05, 0.1) is 17.9 Å². The lowest BCUT2D eigenvalue weighted by atomic mass is 9.95. The van der Waals surface area contributed by atoms with Crippen LogP contribution in [0.1, 0.15) is 24.0 Å². The van der Waals surface area contributed by atoms with Crippen molar-refractivity contribution in [2.45, 2.75) is 19.3 Å². The molecule has 0 saturated heterocycles. The van der Waals surface area contributed by atoms with Gasteiger partial charge in [0, 0.05) is 11.5 Å². The molecule has 0 fully saturated rings. The van der Waals surface area contributed by atoms with Crippen molar-refractivity contribution >= 4 is 11.4 Å². The molecule has 0 radical (unpaired) electrons. The number of para-hydroxylation sites is 1. The number of nitrogens with zero attached hydrogens (tertiary/aromatic N) is 2. The van der Waals surface area contributed by atoms with Gasteiger partial charge < -0.3 is 0 Å². The molecular weight excluding hydrogens is 244 g/mol. The summed E-state index contributed by atoms with van der Waals surface area (Å²) in [5, 5.41) is 7.10. The molecule has 2 aromatic rings. The minimum atomic E-state index is 0.582. The van der Waals surface area contributed by atoms with Gasteiger partial charge in [0.15, 0.2) is 0 Å². The van der Waals surface area contributed by atoms with Crippen molar-refractivity contribution in [1.29, 1.82) is 0 Å². The highest BCUT2D eigenvalue weighted by Gasteiger charge is 2.31. The first kappa shape index (κ1) is 11.7. The average Bonchev–Trinajstić information content (AvgIpc) is 2.85. The van der Waals surface area contributed by atoms with Crippen LogP contribution in [0.5, 0.6) is 0 Å². The maximum absolute atomic E-state index is 4.93. The molecule has 20 heavy (non-hydrogen) atoms. The first-order chi connectivity index (χ1) is 9.92. The minimum Gasteiger partial charge on any atom is -0.265 e. The lowest BCUT2D eigenvalue weighted by Crippen LogP contribution is -2.19. The summed E-state index contributed by atoms with van der Waals surface area (Å²) in [6.07, 6.45) is 3.71. The quantitative estimate of drug-likeness (QED) is 0.762. The number of hydrazone groups is 1. The first-order valence-corrected chi connectivity index (χ1v) is 7.41. The summed E-state index contributed by atoms with van der Waals surface area (Å²) in [6, 6.07) is 19.3. The van der Waals surface area contributed by atoms with Crippen molar-refractivity contribution < 1.29 is 0 Å². The standard InChI is InChI=1S/C18H18N2/c1-2-10-16(11-3-1)20-13-15-9-6-8-14-7-4-5-12-17(14)18(15)19-20/h1-5,7,10-12,15H,6,8-9,13H2. The lowest BCUT2D eigenvalue weighted by molar-refractivity contribution is 0.615. The number of benzene rings is 2. The van der Waals surface area contributed by atoms with E-state index in [1.54, 1.807) is 0 Å². The molecule has 2 heteroatoms. The number of hydrogen-bond acceptors (Lipinski definition) is 2. The van der Waals surface area contributed by atoms with Gasteiger partial charge in [0.2, 0.25) is 0 Å². The third kappa shape index (κ3) is 1.92. The van der Waals surface area contributed by atoms with Crippen LogP contribution in [-0.2, 0) is 6.42 Å². The zero-order valence-corrected chi connectivity index (χ0v) is 11.5. The van der Waals surface area contributed by atoms with Gasteiger partial charge >= 0.3 is 0 Å². The van der Waals surface area contributed by atoms with Crippen LogP contribution in [0.4, 0.5) is 5.69 Å². The average molecular weight is 262 g/mol. The molecule has 0 saturated carbocycles. The molecule has 100 valence electrons. The SMILES string of the molecule is c1ccc(N2CC3CCCc4ccccc4C3=N2)cc1. The highest BCUT2D eigenvalue weighted by Crippen LogP contribution is 2.32. The topological polar surface area (TPSA) is 15.6 Å². The van der Waals surface area contributed by atoms with Crippen LogP contribution < -0.4 is 5.01 Å². The Morgan fingerprint density at radius 3 is 2.65 bits per heavy atom. The second-order valence-corrected chi connectivity index (χ2v) is 5.65. The number of fused-ring (bicyclic) bond motifs is 3. The van der Waals surface area contributed by atoms with E-state index in [4.69, 9.17) is 5.10 Å². The maximum atomic E-state index is 4.93. The van der Waals surface area contributed by atoms with Gasteiger partial charge in [-0.2, -0.15) is 5.10 Å². The van der Waals surface area contributed by atoms with Crippen LogP contribution in [0.3, 0.4) is 0 Å². The van der Waals surface area contributed by atoms with Crippen LogP contribution in [0.25, 0.3) is 0 Å². The van der Waals surface area contributed by atoms with Gasteiger partial charge in [-0.1, -0.05) is 42.5 Å². The Labute approximate surface area is 119 Å². The molecule has 1 heterocycles. The molecule has 0 bridgehead atoms. The molecule has 1 atom stereocenters. The van der Waals surface area contributed by atoms with E-state index in [0.29, 0.717) is 5.92 Å². The molecule has 1 unspecified atom stereocenters. The zero-order chi connectivity index (χ0) is 13.4. The van der Waals surface area contributed by atoms with Gasteiger partial charge in [0.1, 0.15) is 0 Å². The molecular formula is C18H18N2. The molecule has 1 aliphatic heterocycles. The Bertz CT molecular complexity index is 645.